The molecule has 2 nitrogen and oxygen atoms in total. The maximum absolute atomic E-state index is 5.41. The van der Waals surface area contributed by atoms with Gasteiger partial charge in [0.15, 0.2) is 0 Å². The van der Waals surface area contributed by atoms with Crippen molar-refractivity contribution < 1.29 is 0 Å². The lowest BCUT2D eigenvalue weighted by molar-refractivity contribution is 0.786. The molecule has 0 bridgehead atoms. The molecule has 1 atom stereocenters. The topological polar surface area (TPSA) is 38.4 Å². The third kappa shape index (κ3) is 2.60. The Labute approximate surface area is 66.3 Å². The number of nitrogens with two attached hydrogens (primary N) is 1. The van der Waals surface area contributed by atoms with Crippen molar-refractivity contribution >= 4 is 17.6 Å². The van der Waals surface area contributed by atoms with Gasteiger partial charge in [-0.1, -0.05) is 0 Å². The van der Waals surface area contributed by atoms with Crippen LogP contribution in [0.15, 0.2) is 4.99 Å². The van der Waals surface area contributed by atoms with Gasteiger partial charge in [0, 0.05) is 5.25 Å². The van der Waals surface area contributed by atoms with Crippen LogP contribution in [0.4, 0.5) is 0 Å². The molecule has 3 heteroatoms. The van der Waals surface area contributed by atoms with Crippen molar-refractivity contribution in [1.29, 1.82) is 0 Å². The van der Waals surface area contributed by atoms with E-state index in [1.54, 1.807) is 0 Å². The Morgan fingerprint density at radius 2 is 2.60 bits per heavy atom. The quantitative estimate of drug-likeness (QED) is 0.485. The van der Waals surface area contributed by atoms with Crippen molar-refractivity contribution in [3.8, 4) is 0 Å². The maximum atomic E-state index is 5.41. The standard InChI is InChI=1S/C7H14N2S/c1-6(8)9-5-7-3-2-4-10-7/h7H,2-5H2,1H3,(H2,8,9). The fraction of sp³-hybridized carbons (Fsp3) is 0.857. The number of nitrogens with zero attached hydrogens (tertiary/aromatic N) is 1. The Balaban J connectivity index is 2.18. The SMILES string of the molecule is CC(N)=NCC1CCCS1. The van der Waals surface area contributed by atoms with E-state index < -0.39 is 0 Å². The highest BCUT2D eigenvalue weighted by atomic mass is 32.2. The lowest BCUT2D eigenvalue weighted by Crippen LogP contribution is -2.10. The molecule has 1 heterocycles. The molecule has 10 heavy (non-hydrogen) atoms. The summed E-state index contributed by atoms with van der Waals surface area (Å²) in [4.78, 5) is 4.18. The van der Waals surface area contributed by atoms with Crippen LogP contribution in [-0.4, -0.2) is 23.4 Å². The zero-order valence-corrected chi connectivity index (χ0v) is 7.16. The lowest BCUT2D eigenvalue weighted by atomic mass is 10.2. The minimum absolute atomic E-state index is 0.715. The van der Waals surface area contributed by atoms with Crippen LogP contribution < -0.4 is 5.73 Å². The van der Waals surface area contributed by atoms with Crippen molar-refractivity contribution in [2.45, 2.75) is 25.0 Å². The molecule has 1 fully saturated rings. The second-order valence-electron chi connectivity index (χ2n) is 2.62. The van der Waals surface area contributed by atoms with E-state index in [9.17, 15) is 0 Å². The van der Waals surface area contributed by atoms with Crippen LogP contribution in [0.2, 0.25) is 0 Å². The maximum Gasteiger partial charge on any atom is 0.0906 e. The number of hydrogen-bond acceptors (Lipinski definition) is 2. The van der Waals surface area contributed by atoms with Crippen LogP contribution in [0.1, 0.15) is 19.8 Å². The second-order valence-corrected chi connectivity index (χ2v) is 4.03. The van der Waals surface area contributed by atoms with Gasteiger partial charge in [0.1, 0.15) is 0 Å². The highest BCUT2D eigenvalue weighted by Gasteiger charge is 2.13. The lowest BCUT2D eigenvalue weighted by Gasteiger charge is -2.02. The van der Waals surface area contributed by atoms with Gasteiger partial charge in [-0.05, 0) is 25.5 Å². The molecule has 0 aromatic carbocycles. The minimum Gasteiger partial charge on any atom is -0.388 e. The van der Waals surface area contributed by atoms with Gasteiger partial charge >= 0.3 is 0 Å². The van der Waals surface area contributed by atoms with Gasteiger partial charge in [-0.2, -0.15) is 11.8 Å². The zero-order chi connectivity index (χ0) is 7.40. The molecule has 0 spiro atoms. The average molecular weight is 158 g/mol. The molecule has 1 aliphatic rings. The molecule has 0 aromatic heterocycles. The summed E-state index contributed by atoms with van der Waals surface area (Å²) in [5, 5.41) is 0.749. The zero-order valence-electron chi connectivity index (χ0n) is 6.34. The Bertz CT molecular complexity index is 124. The number of hydrogen-bond donors (Lipinski definition) is 1. The fourth-order valence-corrected chi connectivity index (χ4v) is 2.21. The number of amidine groups is 1. The van der Waals surface area contributed by atoms with E-state index in [1.165, 1.54) is 18.6 Å². The van der Waals surface area contributed by atoms with E-state index in [4.69, 9.17) is 5.73 Å². The third-order valence-electron chi connectivity index (χ3n) is 1.57. The number of thioether (sulfide) groups is 1. The van der Waals surface area contributed by atoms with E-state index in [2.05, 4.69) is 4.99 Å². The monoisotopic (exact) mass is 158 g/mol. The summed E-state index contributed by atoms with van der Waals surface area (Å²) in [7, 11) is 0. The van der Waals surface area contributed by atoms with Gasteiger partial charge in [0.2, 0.25) is 0 Å². The summed E-state index contributed by atoms with van der Waals surface area (Å²) >= 11 is 2.02. The van der Waals surface area contributed by atoms with Crippen LogP contribution in [0.5, 0.6) is 0 Å². The Morgan fingerprint density at radius 3 is 3.10 bits per heavy atom. The van der Waals surface area contributed by atoms with Crippen LogP contribution in [-0.2, 0) is 0 Å². The number of rotatable bonds is 2. The first kappa shape index (κ1) is 7.92. The summed E-state index contributed by atoms with van der Waals surface area (Å²) in [6.07, 6.45) is 2.68. The molecule has 2 N–H and O–H groups in total. The molecule has 58 valence electrons. The third-order valence-corrected chi connectivity index (χ3v) is 2.95. The molecule has 0 aromatic rings. The average Bonchev–Trinajstić information content (AvgIpc) is 2.34. The van der Waals surface area contributed by atoms with Crippen molar-refractivity contribution in [1.82, 2.24) is 0 Å². The van der Waals surface area contributed by atoms with E-state index in [1.807, 2.05) is 18.7 Å². The molecular formula is C7H14N2S. The van der Waals surface area contributed by atoms with Crippen LogP contribution in [0.25, 0.3) is 0 Å². The Hall–Kier alpha value is -0.180. The highest BCUT2D eigenvalue weighted by Crippen LogP contribution is 2.25. The summed E-state index contributed by atoms with van der Waals surface area (Å²) in [6.45, 7) is 2.77. The minimum atomic E-state index is 0.715. The normalized spacial score (nSPS) is 27.3. The summed E-state index contributed by atoms with van der Waals surface area (Å²) in [5.74, 6) is 2.02. The highest BCUT2D eigenvalue weighted by molar-refractivity contribution is 8.00. The van der Waals surface area contributed by atoms with Crippen molar-refractivity contribution in [2.75, 3.05) is 12.3 Å². The molecule has 0 aliphatic carbocycles. The Morgan fingerprint density at radius 1 is 1.80 bits per heavy atom. The largest absolute Gasteiger partial charge is 0.388 e. The van der Waals surface area contributed by atoms with E-state index >= 15 is 0 Å². The molecule has 0 radical (unpaired) electrons. The van der Waals surface area contributed by atoms with Gasteiger partial charge < -0.3 is 5.73 Å². The van der Waals surface area contributed by atoms with Gasteiger partial charge in [-0.3, -0.25) is 4.99 Å². The number of aliphatic imine (C=N–C) groups is 1. The van der Waals surface area contributed by atoms with E-state index in [0.29, 0.717) is 5.84 Å². The van der Waals surface area contributed by atoms with Crippen molar-refractivity contribution in [2.24, 2.45) is 10.7 Å². The first-order valence-electron chi connectivity index (χ1n) is 3.67. The molecule has 1 saturated heterocycles. The van der Waals surface area contributed by atoms with Crippen molar-refractivity contribution in [3.05, 3.63) is 0 Å². The second kappa shape index (κ2) is 3.86. The molecule has 1 rings (SSSR count). The van der Waals surface area contributed by atoms with Crippen LogP contribution in [0.3, 0.4) is 0 Å². The first-order chi connectivity index (χ1) is 4.79. The van der Waals surface area contributed by atoms with Gasteiger partial charge in [0.25, 0.3) is 0 Å². The molecule has 0 saturated carbocycles. The van der Waals surface area contributed by atoms with Crippen LogP contribution >= 0.6 is 11.8 Å². The van der Waals surface area contributed by atoms with Gasteiger partial charge in [-0.15, -0.1) is 0 Å². The van der Waals surface area contributed by atoms with Gasteiger partial charge in [-0.25, -0.2) is 0 Å². The summed E-state index contributed by atoms with van der Waals surface area (Å²) in [6, 6.07) is 0. The summed E-state index contributed by atoms with van der Waals surface area (Å²) < 4.78 is 0. The Kier molecular flexibility index (Phi) is 3.06. The molecular weight excluding hydrogens is 144 g/mol. The predicted molar refractivity (Wildman–Crippen MR) is 47.6 cm³/mol. The molecule has 1 aliphatic heterocycles. The van der Waals surface area contributed by atoms with E-state index in [-0.39, 0.29) is 0 Å². The predicted octanol–water partition coefficient (Wildman–Crippen LogP) is 1.26. The summed E-state index contributed by atoms with van der Waals surface area (Å²) in [5.41, 5.74) is 5.41. The van der Waals surface area contributed by atoms with Crippen LogP contribution in [0, 0.1) is 0 Å². The van der Waals surface area contributed by atoms with Gasteiger partial charge in [0.05, 0.1) is 12.4 Å². The molecule has 0 amide bonds. The fourth-order valence-electron chi connectivity index (χ4n) is 1.03. The molecule has 1 unspecified atom stereocenters. The van der Waals surface area contributed by atoms with E-state index in [0.717, 1.165) is 11.8 Å². The smallest absolute Gasteiger partial charge is 0.0906 e. The van der Waals surface area contributed by atoms with Crippen molar-refractivity contribution in [3.63, 3.8) is 0 Å². The first-order valence-corrected chi connectivity index (χ1v) is 4.72.